The van der Waals surface area contributed by atoms with Crippen molar-refractivity contribution in [1.29, 1.82) is 0 Å². The second kappa shape index (κ2) is 16.3. The fourth-order valence-electron chi connectivity index (χ4n) is 4.99. The predicted octanol–water partition coefficient (Wildman–Crippen LogP) is 6.38. The van der Waals surface area contributed by atoms with E-state index < -0.39 is 30.2 Å². The van der Waals surface area contributed by atoms with Gasteiger partial charge in [0.15, 0.2) is 0 Å². The van der Waals surface area contributed by atoms with Crippen LogP contribution < -0.4 is 9.64 Å². The number of alkyl halides is 6. The van der Waals surface area contributed by atoms with E-state index in [2.05, 4.69) is 9.64 Å². The van der Waals surface area contributed by atoms with Gasteiger partial charge in [0.05, 0.1) is 13.7 Å². The Kier molecular flexibility index (Phi) is 13.3. The Bertz CT molecular complexity index is 1350. The average molecular weight is 711 g/mol. The highest BCUT2D eigenvalue weighted by Gasteiger charge is 2.60. The van der Waals surface area contributed by atoms with Crippen molar-refractivity contribution in [3.63, 3.8) is 0 Å². The third-order valence-electron chi connectivity index (χ3n) is 7.33. The molecule has 1 amide bonds. The summed E-state index contributed by atoms with van der Waals surface area (Å²) in [6.45, 7) is 7.36. The molecule has 268 valence electrons. The predicted molar refractivity (Wildman–Crippen MR) is 168 cm³/mol. The Morgan fingerprint density at radius 1 is 0.917 bits per heavy atom. The maximum atomic E-state index is 12.9. The lowest BCUT2D eigenvalue weighted by molar-refractivity contribution is -0.308. The lowest BCUT2D eigenvalue weighted by Crippen LogP contribution is -2.52. The van der Waals surface area contributed by atoms with E-state index in [1.807, 2.05) is 53.2 Å². The monoisotopic (exact) mass is 710 g/mol. The van der Waals surface area contributed by atoms with Crippen LogP contribution in [0.5, 0.6) is 5.75 Å². The van der Waals surface area contributed by atoms with Crippen molar-refractivity contribution in [2.24, 2.45) is 0 Å². The summed E-state index contributed by atoms with van der Waals surface area (Å²) in [4.78, 5) is 31.4. The van der Waals surface area contributed by atoms with E-state index in [1.165, 1.54) is 0 Å². The van der Waals surface area contributed by atoms with Crippen LogP contribution in [0.4, 0.5) is 36.8 Å². The van der Waals surface area contributed by atoms with Gasteiger partial charge in [-0.3, -0.25) is 14.6 Å². The van der Waals surface area contributed by atoms with E-state index in [0.717, 1.165) is 21.7 Å². The van der Waals surface area contributed by atoms with E-state index in [9.17, 15) is 35.9 Å². The number of hydrogen-bond donors (Lipinski definition) is 0. The van der Waals surface area contributed by atoms with E-state index in [4.69, 9.17) is 21.1 Å². The quantitative estimate of drug-likeness (QED) is 0.186. The number of ether oxygens (including phenoxy) is 3. The summed E-state index contributed by atoms with van der Waals surface area (Å²) in [5.74, 6) is 0.340. The first-order chi connectivity index (χ1) is 22.2. The first-order valence-corrected chi connectivity index (χ1v) is 15.5. The molecule has 2 aromatic rings. The third-order valence-corrected chi connectivity index (χ3v) is 7.56. The van der Waals surface area contributed by atoms with Crippen LogP contribution in [0, 0.1) is 0 Å². The summed E-state index contributed by atoms with van der Waals surface area (Å²) in [5, 5.41) is 0.479. The zero-order valence-corrected chi connectivity index (χ0v) is 28.2. The first kappa shape index (κ1) is 39.0. The third kappa shape index (κ3) is 12.2. The van der Waals surface area contributed by atoms with Gasteiger partial charge in [0.2, 0.25) is 0 Å². The van der Waals surface area contributed by atoms with Crippen LogP contribution in [0.3, 0.4) is 0 Å². The number of carbonyl (C=O) groups excluding carboxylic acids is 2. The Morgan fingerprint density at radius 2 is 1.52 bits per heavy atom. The van der Waals surface area contributed by atoms with Crippen LogP contribution in [0.2, 0.25) is 5.02 Å². The van der Waals surface area contributed by atoms with Crippen LogP contribution >= 0.6 is 11.6 Å². The number of anilines is 1. The van der Waals surface area contributed by atoms with Gasteiger partial charge >= 0.3 is 24.4 Å². The number of methoxy groups -OCH3 is 1. The number of nitrogens with zero attached hydrogens (tertiary/aromatic N) is 4. The molecule has 0 aliphatic carbocycles. The van der Waals surface area contributed by atoms with Crippen molar-refractivity contribution in [2.75, 3.05) is 64.9 Å². The fourth-order valence-corrected chi connectivity index (χ4v) is 5.16. The molecule has 0 atom stereocenters. The summed E-state index contributed by atoms with van der Waals surface area (Å²) in [6.07, 6.45) is -17.5. The molecule has 0 bridgehead atoms. The average Bonchev–Trinajstić information content (AvgIpc) is 2.97. The molecule has 0 N–H and O–H groups in total. The largest absolute Gasteiger partial charge is 0.497 e. The number of likely N-dealkylation sites (N-methyl/N-ethyl adjacent to an activating group) is 1. The number of piperazine rings is 1. The van der Waals surface area contributed by atoms with Gasteiger partial charge in [-0.25, -0.2) is 4.79 Å². The van der Waals surface area contributed by atoms with Gasteiger partial charge < -0.3 is 24.0 Å². The van der Waals surface area contributed by atoms with Crippen LogP contribution in [0.25, 0.3) is 0 Å². The smallest absolute Gasteiger partial charge is 0.434 e. The maximum Gasteiger partial charge on any atom is 0.434 e. The van der Waals surface area contributed by atoms with Gasteiger partial charge in [0.1, 0.15) is 11.4 Å². The molecule has 3 rings (SSSR count). The van der Waals surface area contributed by atoms with Gasteiger partial charge in [-0.2, -0.15) is 26.3 Å². The molecule has 0 unspecified atom stereocenters. The van der Waals surface area contributed by atoms with Crippen molar-refractivity contribution in [3.05, 3.63) is 58.6 Å². The Hall–Kier alpha value is -3.43. The highest BCUT2D eigenvalue weighted by molar-refractivity contribution is 6.30. The summed E-state index contributed by atoms with van der Waals surface area (Å²) in [7, 11) is 3.38. The molecule has 1 heterocycles. The molecule has 2 aromatic carbocycles. The molecular formula is C32H41ClF6N4O5. The summed E-state index contributed by atoms with van der Waals surface area (Å²) < 4.78 is 92.0. The second-order valence-electron chi connectivity index (χ2n) is 12.5. The van der Waals surface area contributed by atoms with Crippen LogP contribution in [-0.4, -0.2) is 111 Å². The fraction of sp³-hybridized carbons (Fsp3) is 0.562. The highest BCUT2D eigenvalue weighted by atomic mass is 35.5. The molecule has 1 aliphatic heterocycles. The molecule has 1 fully saturated rings. The minimum absolute atomic E-state index is 0.0788. The van der Waals surface area contributed by atoms with Crippen molar-refractivity contribution >= 4 is 29.4 Å². The molecular weight excluding hydrogens is 670 g/mol. The maximum absolute atomic E-state index is 12.9. The van der Waals surface area contributed by atoms with Crippen LogP contribution in [0.1, 0.15) is 31.9 Å². The molecule has 0 spiro atoms. The lowest BCUT2D eigenvalue weighted by Gasteiger charge is -2.36. The number of esters is 1. The Labute approximate surface area is 281 Å². The number of carbonyl (C=O) groups is 2. The van der Waals surface area contributed by atoms with Gasteiger partial charge in [0, 0.05) is 63.1 Å². The van der Waals surface area contributed by atoms with E-state index in [0.29, 0.717) is 37.0 Å². The lowest BCUT2D eigenvalue weighted by atomic mass is 10.1. The summed E-state index contributed by atoms with van der Waals surface area (Å²) in [5.41, 5.74) is 2.01. The Balaban J connectivity index is 1.75. The molecule has 9 nitrogen and oxygen atoms in total. The number of hydrogen-bond acceptors (Lipinski definition) is 8. The van der Waals surface area contributed by atoms with Gasteiger partial charge in [0.25, 0.3) is 6.10 Å². The topological polar surface area (TPSA) is 74.8 Å². The number of benzene rings is 2. The standard InChI is InChI=1S/C32H41ClF6N4O5/c1-30(2,3)48-27(44)21-40(4)12-15-43(19-22-6-10-25(46-5)11-7-22)26-18-24(33)9-8-23(26)20-41-13-16-42(17-14-41)29(45)47-28(31(34,35)36)32(37,38)39/h6-11,18,28H,12-17,19-21H2,1-5H3. The van der Waals surface area contributed by atoms with E-state index in [1.54, 1.807) is 33.9 Å². The molecule has 0 radical (unpaired) electrons. The van der Waals surface area contributed by atoms with Gasteiger partial charge in [-0.15, -0.1) is 0 Å². The number of halogens is 7. The molecule has 1 aliphatic rings. The van der Waals surface area contributed by atoms with Crippen molar-refractivity contribution < 1.29 is 50.1 Å². The van der Waals surface area contributed by atoms with E-state index in [-0.39, 0.29) is 38.7 Å². The SMILES string of the molecule is COc1ccc(CN(CCN(C)CC(=O)OC(C)(C)C)c2cc(Cl)ccc2CN2CCN(C(=O)OC(C(F)(F)F)C(F)(F)F)CC2)cc1. The molecule has 16 heteroatoms. The molecule has 1 saturated heterocycles. The second-order valence-corrected chi connectivity index (χ2v) is 12.9. The molecule has 0 saturated carbocycles. The zero-order chi connectivity index (χ0) is 35.9. The van der Waals surface area contributed by atoms with Crippen LogP contribution in [0.15, 0.2) is 42.5 Å². The van der Waals surface area contributed by atoms with Gasteiger partial charge in [-0.1, -0.05) is 29.8 Å². The molecule has 0 aromatic heterocycles. The van der Waals surface area contributed by atoms with E-state index >= 15 is 0 Å². The normalized spacial score (nSPS) is 14.8. The summed E-state index contributed by atoms with van der Waals surface area (Å²) in [6, 6.07) is 12.9. The van der Waals surface area contributed by atoms with Crippen molar-refractivity contribution in [3.8, 4) is 5.75 Å². The van der Waals surface area contributed by atoms with Crippen LogP contribution in [-0.2, 0) is 27.4 Å². The molecule has 48 heavy (non-hydrogen) atoms. The number of amides is 1. The minimum atomic E-state index is -5.79. The highest BCUT2D eigenvalue weighted by Crippen LogP contribution is 2.36. The summed E-state index contributed by atoms with van der Waals surface area (Å²) >= 11 is 6.45. The number of rotatable bonds is 12. The van der Waals surface area contributed by atoms with Crippen molar-refractivity contribution in [2.45, 2.75) is 57.9 Å². The first-order valence-electron chi connectivity index (χ1n) is 15.1. The Morgan fingerprint density at radius 3 is 2.06 bits per heavy atom. The minimum Gasteiger partial charge on any atom is -0.497 e. The van der Waals surface area contributed by atoms with Gasteiger partial charge in [-0.05, 0) is 63.2 Å². The zero-order valence-electron chi connectivity index (χ0n) is 27.5. The van der Waals surface area contributed by atoms with Crippen molar-refractivity contribution in [1.82, 2.24) is 14.7 Å².